The minimum Gasteiger partial charge on any atom is -0.378 e. The lowest BCUT2D eigenvalue weighted by Gasteiger charge is -2.31. The Balaban J connectivity index is 1.78. The zero-order valence-electron chi connectivity index (χ0n) is 13.3. The van der Waals surface area contributed by atoms with Gasteiger partial charge < -0.3 is 14.5 Å². The molecule has 4 nitrogen and oxygen atoms in total. The van der Waals surface area contributed by atoms with E-state index < -0.39 is 0 Å². The number of anilines is 1. The van der Waals surface area contributed by atoms with Gasteiger partial charge in [0.15, 0.2) is 0 Å². The van der Waals surface area contributed by atoms with E-state index >= 15 is 0 Å². The number of hydrogen-bond donors (Lipinski definition) is 0. The molecule has 7 heteroatoms. The first kappa shape index (κ1) is 17.5. The molecule has 1 amide bonds. The van der Waals surface area contributed by atoms with Crippen molar-refractivity contribution < 1.29 is 9.53 Å². The monoisotopic (exact) mass is 384 g/mol. The predicted octanol–water partition coefficient (Wildman–Crippen LogP) is 4.16. The Hall–Kier alpha value is -1.27. The molecule has 1 saturated heterocycles. The summed E-state index contributed by atoms with van der Waals surface area (Å²) in [6.45, 7) is 3.69. The fourth-order valence-electron chi connectivity index (χ4n) is 2.78. The van der Waals surface area contributed by atoms with E-state index in [0.29, 0.717) is 20.8 Å². The van der Waals surface area contributed by atoms with Crippen molar-refractivity contribution in [1.82, 2.24) is 4.90 Å². The van der Waals surface area contributed by atoms with Crippen LogP contribution in [0.15, 0.2) is 30.3 Å². The number of nitrogens with zero attached hydrogens (tertiary/aromatic N) is 2. The molecule has 0 radical (unpaired) electrons. The van der Waals surface area contributed by atoms with E-state index in [1.165, 1.54) is 11.3 Å². The second kappa shape index (κ2) is 7.74. The summed E-state index contributed by atoms with van der Waals surface area (Å²) < 4.78 is 6.37. The van der Waals surface area contributed by atoms with E-state index in [4.69, 9.17) is 27.9 Å². The van der Waals surface area contributed by atoms with Crippen molar-refractivity contribution in [3.8, 4) is 0 Å². The molecule has 1 aliphatic heterocycles. The Morgan fingerprint density at radius 3 is 2.67 bits per heavy atom. The van der Waals surface area contributed by atoms with E-state index in [2.05, 4.69) is 17.0 Å². The van der Waals surface area contributed by atoms with E-state index in [1.54, 1.807) is 18.0 Å². The number of morpholine rings is 1. The summed E-state index contributed by atoms with van der Waals surface area (Å²) in [6, 6.07) is 9.78. The van der Waals surface area contributed by atoms with Gasteiger partial charge >= 0.3 is 0 Å². The van der Waals surface area contributed by atoms with Crippen molar-refractivity contribution >= 4 is 46.1 Å². The van der Waals surface area contributed by atoms with Gasteiger partial charge in [-0.2, -0.15) is 0 Å². The summed E-state index contributed by atoms with van der Waals surface area (Å²) in [6.07, 6.45) is 0. The van der Waals surface area contributed by atoms with Crippen LogP contribution in [0.4, 0.5) is 5.69 Å². The average molecular weight is 385 g/mol. The quantitative estimate of drug-likeness (QED) is 0.792. The maximum absolute atomic E-state index is 12.6. The van der Waals surface area contributed by atoms with Gasteiger partial charge in [0.2, 0.25) is 0 Å². The Bertz CT molecular complexity index is 729. The van der Waals surface area contributed by atoms with Gasteiger partial charge in [0.25, 0.3) is 5.91 Å². The summed E-state index contributed by atoms with van der Waals surface area (Å²) in [5.74, 6) is -0.125. The molecule has 128 valence electrons. The summed E-state index contributed by atoms with van der Waals surface area (Å²) >= 11 is 13.3. The number of ether oxygens (including phenoxy) is 1. The van der Waals surface area contributed by atoms with Crippen LogP contribution in [0.25, 0.3) is 0 Å². The highest BCUT2D eigenvalue weighted by atomic mass is 35.5. The lowest BCUT2D eigenvalue weighted by Crippen LogP contribution is -2.37. The van der Waals surface area contributed by atoms with E-state index in [0.717, 1.165) is 37.6 Å². The molecule has 0 spiro atoms. The van der Waals surface area contributed by atoms with Crippen LogP contribution in [-0.2, 0) is 11.3 Å². The van der Waals surface area contributed by atoms with Crippen LogP contribution >= 0.6 is 34.5 Å². The van der Waals surface area contributed by atoms with Crippen molar-refractivity contribution in [1.29, 1.82) is 0 Å². The van der Waals surface area contributed by atoms with Gasteiger partial charge in [-0.25, -0.2) is 0 Å². The molecular weight excluding hydrogens is 367 g/mol. The summed E-state index contributed by atoms with van der Waals surface area (Å²) in [4.78, 5) is 16.6. The third-order valence-corrected chi connectivity index (χ3v) is 5.47. The molecule has 24 heavy (non-hydrogen) atoms. The molecule has 2 heterocycles. The highest BCUT2D eigenvalue weighted by Gasteiger charge is 2.20. The summed E-state index contributed by atoms with van der Waals surface area (Å²) in [7, 11) is 1.78. The van der Waals surface area contributed by atoms with Gasteiger partial charge in [0.1, 0.15) is 4.34 Å². The number of carbonyl (C=O) groups excluding carboxylic acids is 1. The smallest absolute Gasteiger partial charge is 0.256 e. The van der Waals surface area contributed by atoms with Gasteiger partial charge in [-0.15, -0.1) is 11.3 Å². The van der Waals surface area contributed by atoms with Gasteiger partial charge in [-0.1, -0.05) is 41.4 Å². The minimum atomic E-state index is -0.125. The normalized spacial score (nSPS) is 14.7. The van der Waals surface area contributed by atoms with Crippen LogP contribution < -0.4 is 4.90 Å². The molecule has 1 aliphatic rings. The van der Waals surface area contributed by atoms with Crippen molar-refractivity contribution in [2.24, 2.45) is 0 Å². The third kappa shape index (κ3) is 3.86. The Kier molecular flexibility index (Phi) is 5.66. The number of carbonyl (C=O) groups is 1. The zero-order chi connectivity index (χ0) is 17.1. The van der Waals surface area contributed by atoms with Crippen molar-refractivity contribution in [3.05, 3.63) is 50.1 Å². The molecule has 2 aromatic rings. The minimum absolute atomic E-state index is 0.125. The topological polar surface area (TPSA) is 32.8 Å². The largest absolute Gasteiger partial charge is 0.378 e. The predicted molar refractivity (Wildman–Crippen MR) is 99.6 cm³/mol. The Morgan fingerprint density at radius 1 is 1.29 bits per heavy atom. The first-order chi connectivity index (χ1) is 11.6. The van der Waals surface area contributed by atoms with Crippen LogP contribution in [0.3, 0.4) is 0 Å². The van der Waals surface area contributed by atoms with Crippen LogP contribution in [0, 0.1) is 0 Å². The highest BCUT2D eigenvalue weighted by molar-refractivity contribution is 7.20. The first-order valence-corrected chi connectivity index (χ1v) is 9.24. The molecular formula is C17H18Cl2N2O2S. The Labute approximate surface area is 155 Å². The van der Waals surface area contributed by atoms with Gasteiger partial charge in [-0.3, -0.25) is 4.79 Å². The van der Waals surface area contributed by atoms with Crippen LogP contribution in [0.5, 0.6) is 0 Å². The highest BCUT2D eigenvalue weighted by Crippen LogP contribution is 2.32. The molecule has 1 aromatic carbocycles. The van der Waals surface area contributed by atoms with Crippen LogP contribution in [-0.4, -0.2) is 44.2 Å². The molecule has 0 bridgehead atoms. The number of thiophene rings is 1. The Morgan fingerprint density at radius 2 is 2.00 bits per heavy atom. The van der Waals surface area contributed by atoms with E-state index in [1.807, 2.05) is 12.1 Å². The number of benzene rings is 1. The lowest BCUT2D eigenvalue weighted by atomic mass is 10.1. The number of halogens is 2. The maximum atomic E-state index is 12.6. The first-order valence-electron chi connectivity index (χ1n) is 7.67. The molecule has 1 fully saturated rings. The molecule has 0 N–H and O–H groups in total. The second-order valence-corrected chi connectivity index (χ2v) is 7.91. The second-order valence-electron chi connectivity index (χ2n) is 5.63. The lowest BCUT2D eigenvalue weighted by molar-refractivity contribution is 0.0785. The van der Waals surface area contributed by atoms with Crippen molar-refractivity contribution in [2.75, 3.05) is 38.3 Å². The third-order valence-electron chi connectivity index (χ3n) is 3.98. The molecule has 0 unspecified atom stereocenters. The number of para-hydroxylation sites is 1. The van der Waals surface area contributed by atoms with Crippen LogP contribution in [0.1, 0.15) is 15.9 Å². The summed E-state index contributed by atoms with van der Waals surface area (Å²) in [5.41, 5.74) is 2.71. The number of hydrogen-bond acceptors (Lipinski definition) is 4. The van der Waals surface area contributed by atoms with E-state index in [-0.39, 0.29) is 5.91 Å². The van der Waals surface area contributed by atoms with Gasteiger partial charge in [0.05, 0.1) is 23.1 Å². The van der Waals surface area contributed by atoms with Crippen LogP contribution in [0.2, 0.25) is 8.67 Å². The maximum Gasteiger partial charge on any atom is 0.256 e. The molecule has 0 aliphatic carbocycles. The fourth-order valence-corrected chi connectivity index (χ4v) is 4.22. The SMILES string of the molecule is CN(Cc1ccccc1N1CCOCC1)C(=O)c1cc(Cl)sc1Cl. The van der Waals surface area contributed by atoms with Gasteiger partial charge in [0, 0.05) is 32.4 Å². The zero-order valence-corrected chi connectivity index (χ0v) is 15.6. The van der Waals surface area contributed by atoms with Crippen molar-refractivity contribution in [2.45, 2.75) is 6.54 Å². The molecule has 3 rings (SSSR count). The molecule has 0 saturated carbocycles. The standard InChI is InChI=1S/C17H18Cl2N2O2S/c1-20(17(22)13-10-15(18)24-16(13)19)11-12-4-2-3-5-14(12)21-6-8-23-9-7-21/h2-5,10H,6-9,11H2,1H3. The molecule has 1 aromatic heterocycles. The summed E-state index contributed by atoms with van der Waals surface area (Å²) in [5, 5.41) is 0. The van der Waals surface area contributed by atoms with Crippen molar-refractivity contribution in [3.63, 3.8) is 0 Å². The number of rotatable bonds is 4. The average Bonchev–Trinajstić information content (AvgIpc) is 2.93. The fraction of sp³-hybridized carbons (Fsp3) is 0.353. The molecule has 0 atom stereocenters. The number of amides is 1. The van der Waals surface area contributed by atoms with E-state index in [9.17, 15) is 4.79 Å². The van der Waals surface area contributed by atoms with Gasteiger partial charge in [-0.05, 0) is 17.7 Å².